The van der Waals surface area contributed by atoms with Gasteiger partial charge in [-0.15, -0.1) is 0 Å². The highest BCUT2D eigenvalue weighted by molar-refractivity contribution is 5.14. The van der Waals surface area contributed by atoms with E-state index in [4.69, 9.17) is 18.9 Å². The van der Waals surface area contributed by atoms with Crippen LogP contribution in [0.3, 0.4) is 0 Å². The van der Waals surface area contributed by atoms with E-state index in [0.29, 0.717) is 39.6 Å². The first-order valence-electron chi connectivity index (χ1n) is 10.4. The number of alkyl halides is 1. The lowest BCUT2D eigenvalue weighted by molar-refractivity contribution is -0.376. The highest BCUT2D eigenvalue weighted by Crippen LogP contribution is 2.50. The van der Waals surface area contributed by atoms with Crippen molar-refractivity contribution in [3.63, 3.8) is 0 Å². The van der Waals surface area contributed by atoms with Gasteiger partial charge in [-0.05, 0) is 25.0 Å². The molecular weight excluding hydrogens is 371 g/mol. The average molecular weight is 403 g/mol. The van der Waals surface area contributed by atoms with E-state index in [1.54, 1.807) is 0 Å². The molecule has 4 nitrogen and oxygen atoms in total. The van der Waals surface area contributed by atoms with Gasteiger partial charge in [0, 0.05) is 25.0 Å². The van der Waals surface area contributed by atoms with Crippen LogP contribution in [-0.2, 0) is 32.2 Å². The summed E-state index contributed by atoms with van der Waals surface area (Å²) in [6, 6.07) is 19.8. The Balaban J connectivity index is 1.61. The Labute approximate surface area is 172 Å². The van der Waals surface area contributed by atoms with E-state index >= 15 is 4.39 Å². The molecule has 0 saturated heterocycles. The number of hydrogen-bond donors (Lipinski definition) is 0. The number of rotatable bonds is 12. The largest absolute Gasteiger partial charge is 0.376 e. The molecule has 3 atom stereocenters. The average Bonchev–Trinajstić information content (AvgIpc) is 2.76. The number of halogens is 1. The van der Waals surface area contributed by atoms with Crippen LogP contribution in [0.25, 0.3) is 0 Å². The van der Waals surface area contributed by atoms with Crippen LogP contribution in [0.1, 0.15) is 25.0 Å². The van der Waals surface area contributed by atoms with Gasteiger partial charge in [-0.25, -0.2) is 4.39 Å². The van der Waals surface area contributed by atoms with Crippen molar-refractivity contribution >= 4 is 0 Å². The number of hydrogen-bond acceptors (Lipinski definition) is 4. The summed E-state index contributed by atoms with van der Waals surface area (Å²) in [6.45, 7) is 6.06. The molecule has 2 aromatic carbocycles. The van der Waals surface area contributed by atoms with Crippen molar-refractivity contribution in [2.24, 2.45) is 11.8 Å². The van der Waals surface area contributed by atoms with Gasteiger partial charge in [0.25, 0.3) is 0 Å². The van der Waals surface area contributed by atoms with E-state index in [-0.39, 0.29) is 11.8 Å². The van der Waals surface area contributed by atoms with Crippen LogP contribution < -0.4 is 0 Å². The zero-order valence-corrected chi connectivity index (χ0v) is 17.3. The molecule has 0 spiro atoms. The zero-order valence-electron chi connectivity index (χ0n) is 17.3. The first kappa shape index (κ1) is 21.9. The molecule has 158 valence electrons. The first-order valence-corrected chi connectivity index (χ1v) is 10.4. The normalized spacial score (nSPS) is 22.9. The Morgan fingerprint density at radius 2 is 1.24 bits per heavy atom. The molecule has 5 heteroatoms. The van der Waals surface area contributed by atoms with Crippen molar-refractivity contribution in [2.75, 3.05) is 26.4 Å². The fraction of sp³-hybridized carbons (Fsp3) is 0.500. The van der Waals surface area contributed by atoms with Gasteiger partial charge >= 0.3 is 0 Å². The Bertz CT molecular complexity index is 703. The van der Waals surface area contributed by atoms with Crippen molar-refractivity contribution in [3.8, 4) is 0 Å². The SMILES string of the molecule is CCOC1(OCC)[C@@H](F)[C@@H](COCc2ccccc2)[C@@H]1COCc1ccccc1. The summed E-state index contributed by atoms with van der Waals surface area (Å²) >= 11 is 0. The zero-order chi connectivity index (χ0) is 20.5. The van der Waals surface area contributed by atoms with Gasteiger partial charge in [0.15, 0.2) is 6.17 Å². The van der Waals surface area contributed by atoms with Crippen molar-refractivity contribution in [1.82, 2.24) is 0 Å². The lowest BCUT2D eigenvalue weighted by Gasteiger charge is -2.55. The molecule has 0 unspecified atom stereocenters. The van der Waals surface area contributed by atoms with Crippen LogP contribution in [0.2, 0.25) is 0 Å². The monoisotopic (exact) mass is 402 g/mol. The molecule has 0 aliphatic heterocycles. The van der Waals surface area contributed by atoms with Crippen LogP contribution in [-0.4, -0.2) is 38.4 Å². The molecular formula is C24H31FO4. The third-order valence-electron chi connectivity index (χ3n) is 5.36. The lowest BCUT2D eigenvalue weighted by atomic mass is 9.66. The van der Waals surface area contributed by atoms with Crippen molar-refractivity contribution < 1.29 is 23.3 Å². The summed E-state index contributed by atoms with van der Waals surface area (Å²) in [7, 11) is 0. The molecule has 0 radical (unpaired) electrons. The Morgan fingerprint density at radius 3 is 1.72 bits per heavy atom. The summed E-state index contributed by atoms with van der Waals surface area (Å²) in [4.78, 5) is 0. The molecule has 1 aliphatic carbocycles. The highest BCUT2D eigenvalue weighted by atomic mass is 19.1. The van der Waals surface area contributed by atoms with Gasteiger partial charge in [0.2, 0.25) is 5.79 Å². The van der Waals surface area contributed by atoms with Crippen molar-refractivity contribution in [3.05, 3.63) is 71.8 Å². The predicted octanol–water partition coefficient (Wildman–Crippen LogP) is 4.77. The first-order chi connectivity index (χ1) is 14.2. The van der Waals surface area contributed by atoms with E-state index in [9.17, 15) is 0 Å². The molecule has 29 heavy (non-hydrogen) atoms. The van der Waals surface area contributed by atoms with E-state index in [1.165, 1.54) is 0 Å². The maximum atomic E-state index is 15.2. The quantitative estimate of drug-likeness (QED) is 0.479. The number of benzene rings is 2. The molecule has 1 fully saturated rings. The van der Waals surface area contributed by atoms with Gasteiger partial charge in [0.05, 0.1) is 26.4 Å². The Morgan fingerprint density at radius 1 is 0.759 bits per heavy atom. The lowest BCUT2D eigenvalue weighted by Crippen LogP contribution is -2.69. The molecule has 0 amide bonds. The van der Waals surface area contributed by atoms with Gasteiger partial charge < -0.3 is 18.9 Å². The van der Waals surface area contributed by atoms with Crippen LogP contribution in [0.4, 0.5) is 4.39 Å². The maximum Gasteiger partial charge on any atom is 0.205 e. The molecule has 0 aromatic heterocycles. The smallest absolute Gasteiger partial charge is 0.205 e. The van der Waals surface area contributed by atoms with E-state index in [1.807, 2.05) is 74.5 Å². The molecule has 1 saturated carbocycles. The second-order valence-electron chi connectivity index (χ2n) is 7.26. The Kier molecular flexibility index (Phi) is 8.19. The molecule has 3 rings (SSSR count). The van der Waals surface area contributed by atoms with Crippen molar-refractivity contribution in [1.29, 1.82) is 0 Å². The van der Waals surface area contributed by atoms with Crippen LogP contribution in [0.15, 0.2) is 60.7 Å². The molecule has 0 heterocycles. The summed E-state index contributed by atoms with van der Waals surface area (Å²) in [5.41, 5.74) is 2.15. The molecule has 0 N–H and O–H groups in total. The maximum absolute atomic E-state index is 15.2. The van der Waals surface area contributed by atoms with Gasteiger partial charge in [-0.1, -0.05) is 60.7 Å². The minimum absolute atomic E-state index is 0.225. The van der Waals surface area contributed by atoms with Crippen LogP contribution >= 0.6 is 0 Å². The molecule has 0 bridgehead atoms. The van der Waals surface area contributed by atoms with Crippen molar-refractivity contribution in [2.45, 2.75) is 39.0 Å². The van der Waals surface area contributed by atoms with Gasteiger partial charge in [-0.2, -0.15) is 0 Å². The summed E-state index contributed by atoms with van der Waals surface area (Å²) in [5, 5.41) is 0. The van der Waals surface area contributed by atoms with E-state index in [2.05, 4.69) is 0 Å². The van der Waals surface area contributed by atoms with Crippen LogP contribution in [0, 0.1) is 11.8 Å². The minimum atomic E-state index is -1.25. The highest BCUT2D eigenvalue weighted by Gasteiger charge is 2.65. The minimum Gasteiger partial charge on any atom is -0.376 e. The summed E-state index contributed by atoms with van der Waals surface area (Å²) < 4.78 is 38.6. The number of ether oxygens (including phenoxy) is 4. The van der Waals surface area contributed by atoms with Crippen LogP contribution in [0.5, 0.6) is 0 Å². The fourth-order valence-electron chi connectivity index (χ4n) is 3.96. The van der Waals surface area contributed by atoms with E-state index < -0.39 is 12.0 Å². The molecule has 1 aliphatic rings. The topological polar surface area (TPSA) is 36.9 Å². The van der Waals surface area contributed by atoms with Gasteiger partial charge in [-0.3, -0.25) is 0 Å². The summed E-state index contributed by atoms with van der Waals surface area (Å²) in [5.74, 6) is -1.80. The third-order valence-corrected chi connectivity index (χ3v) is 5.36. The molecule has 2 aromatic rings. The fourth-order valence-corrected chi connectivity index (χ4v) is 3.96. The standard InChI is InChI=1S/C24H31FO4/c1-3-28-24(29-4-2)22(18-27-16-20-13-9-6-10-14-20)21(23(24)25)17-26-15-19-11-7-5-8-12-19/h5-14,21-23H,3-4,15-18H2,1-2H3/t21-,22-,23-/m0/s1. The third kappa shape index (κ3) is 5.23. The predicted molar refractivity (Wildman–Crippen MR) is 110 cm³/mol. The van der Waals surface area contributed by atoms with Gasteiger partial charge in [0.1, 0.15) is 0 Å². The summed E-state index contributed by atoms with van der Waals surface area (Å²) in [6.07, 6.45) is -1.25. The Hall–Kier alpha value is -1.79. The second kappa shape index (κ2) is 10.8. The van der Waals surface area contributed by atoms with E-state index in [0.717, 1.165) is 11.1 Å². The second-order valence-corrected chi connectivity index (χ2v) is 7.26.